The van der Waals surface area contributed by atoms with Gasteiger partial charge in [-0.1, -0.05) is 26.3 Å². The summed E-state index contributed by atoms with van der Waals surface area (Å²) in [5.74, 6) is -0.247. The number of benzene rings is 1. The fraction of sp³-hybridized carbons (Fsp3) is 0.533. The van der Waals surface area contributed by atoms with E-state index in [-0.39, 0.29) is 22.3 Å². The summed E-state index contributed by atoms with van der Waals surface area (Å²) in [5, 5.41) is 8.08. The number of carbonyl (C=O) groups excluding carboxylic acids is 1. The Kier molecular flexibility index (Phi) is 4.39. The lowest BCUT2D eigenvalue weighted by Crippen LogP contribution is -2.40. The van der Waals surface area contributed by atoms with Crippen LogP contribution in [0.25, 0.3) is 0 Å². The van der Waals surface area contributed by atoms with Crippen molar-refractivity contribution in [2.75, 3.05) is 0 Å². The molecule has 1 aromatic carbocycles. The van der Waals surface area contributed by atoms with Crippen LogP contribution in [0.4, 0.5) is 0 Å². The molecule has 5 nitrogen and oxygen atoms in total. The molecule has 3 N–H and O–H groups in total. The van der Waals surface area contributed by atoms with Gasteiger partial charge in [-0.05, 0) is 42.9 Å². The quantitative estimate of drug-likeness (QED) is 0.895. The second kappa shape index (κ2) is 5.77. The van der Waals surface area contributed by atoms with Gasteiger partial charge in [-0.2, -0.15) is 0 Å². The van der Waals surface area contributed by atoms with Crippen molar-refractivity contribution >= 4 is 15.9 Å². The van der Waals surface area contributed by atoms with Crippen LogP contribution in [-0.4, -0.2) is 20.4 Å². The highest BCUT2D eigenvalue weighted by Gasteiger charge is 2.29. The van der Waals surface area contributed by atoms with E-state index in [0.29, 0.717) is 5.56 Å². The molecule has 1 amide bonds. The lowest BCUT2D eigenvalue weighted by atomic mass is 9.75. The third kappa shape index (κ3) is 4.28. The Labute approximate surface area is 126 Å². The predicted octanol–water partition coefficient (Wildman–Crippen LogP) is 2.03. The summed E-state index contributed by atoms with van der Waals surface area (Å²) >= 11 is 0. The van der Waals surface area contributed by atoms with E-state index < -0.39 is 10.0 Å². The van der Waals surface area contributed by atoms with E-state index in [1.54, 1.807) is 6.07 Å². The first kappa shape index (κ1) is 16.0. The largest absolute Gasteiger partial charge is 0.349 e. The summed E-state index contributed by atoms with van der Waals surface area (Å²) in [6.45, 7) is 4.40. The molecule has 1 atom stereocenters. The SMILES string of the molecule is CC1(C)CCCC(NC(=O)c2cccc(S(N)(=O)=O)c2)C1. The van der Waals surface area contributed by atoms with Gasteiger partial charge in [0.25, 0.3) is 5.91 Å². The van der Waals surface area contributed by atoms with Crippen LogP contribution >= 0.6 is 0 Å². The first-order chi connectivity index (χ1) is 9.67. The molecule has 1 aromatic rings. The van der Waals surface area contributed by atoms with E-state index in [2.05, 4.69) is 19.2 Å². The first-order valence-corrected chi connectivity index (χ1v) is 8.66. The molecule has 0 spiro atoms. The molecule has 1 saturated carbocycles. The summed E-state index contributed by atoms with van der Waals surface area (Å²) in [5.41, 5.74) is 0.559. The van der Waals surface area contributed by atoms with E-state index in [0.717, 1.165) is 19.3 Å². The number of nitrogens with two attached hydrogens (primary N) is 1. The Morgan fingerprint density at radius 1 is 1.38 bits per heavy atom. The standard InChI is InChI=1S/C15H22N2O3S/c1-15(2)8-4-6-12(10-15)17-14(18)11-5-3-7-13(9-11)21(16,19)20/h3,5,7,9,12H,4,6,8,10H2,1-2H3,(H,17,18)(H2,16,19,20). The molecule has 0 bridgehead atoms. The van der Waals surface area contributed by atoms with E-state index in [9.17, 15) is 13.2 Å². The molecule has 0 aliphatic heterocycles. The van der Waals surface area contributed by atoms with Gasteiger partial charge in [0.15, 0.2) is 0 Å². The lowest BCUT2D eigenvalue weighted by Gasteiger charge is -2.35. The van der Waals surface area contributed by atoms with Crippen LogP contribution < -0.4 is 10.5 Å². The van der Waals surface area contributed by atoms with E-state index >= 15 is 0 Å². The van der Waals surface area contributed by atoms with Crippen LogP contribution in [0.5, 0.6) is 0 Å². The van der Waals surface area contributed by atoms with Crippen LogP contribution in [0, 0.1) is 5.41 Å². The van der Waals surface area contributed by atoms with Gasteiger partial charge < -0.3 is 5.32 Å². The normalized spacial score (nSPS) is 21.8. The number of amides is 1. The topological polar surface area (TPSA) is 89.3 Å². The van der Waals surface area contributed by atoms with Gasteiger partial charge in [0.2, 0.25) is 10.0 Å². The van der Waals surface area contributed by atoms with Crippen LogP contribution in [0.3, 0.4) is 0 Å². The minimum Gasteiger partial charge on any atom is -0.349 e. The molecule has 1 aliphatic rings. The van der Waals surface area contributed by atoms with Gasteiger partial charge in [-0.3, -0.25) is 4.79 Å². The number of hydrogen-bond donors (Lipinski definition) is 2. The van der Waals surface area contributed by atoms with Crippen molar-refractivity contribution < 1.29 is 13.2 Å². The minimum atomic E-state index is -3.79. The average Bonchev–Trinajstić information content (AvgIpc) is 2.36. The Bertz CT molecular complexity index is 638. The van der Waals surface area contributed by atoms with E-state index in [4.69, 9.17) is 5.14 Å². The third-order valence-electron chi connectivity index (χ3n) is 3.97. The van der Waals surface area contributed by atoms with Crippen molar-refractivity contribution in [1.29, 1.82) is 0 Å². The molecule has 0 heterocycles. The molecular formula is C15H22N2O3S. The fourth-order valence-electron chi connectivity index (χ4n) is 2.90. The molecule has 21 heavy (non-hydrogen) atoms. The summed E-state index contributed by atoms with van der Waals surface area (Å²) in [7, 11) is -3.79. The molecular weight excluding hydrogens is 288 g/mol. The molecule has 0 radical (unpaired) electrons. The highest BCUT2D eigenvalue weighted by Crippen LogP contribution is 2.35. The predicted molar refractivity (Wildman–Crippen MR) is 81.3 cm³/mol. The van der Waals surface area contributed by atoms with Crippen molar-refractivity contribution in [1.82, 2.24) is 5.32 Å². The zero-order chi connectivity index (χ0) is 15.7. The number of primary sulfonamides is 1. The van der Waals surface area contributed by atoms with Crippen LogP contribution in [0.1, 0.15) is 49.9 Å². The van der Waals surface area contributed by atoms with Gasteiger partial charge in [0, 0.05) is 11.6 Å². The Morgan fingerprint density at radius 3 is 2.71 bits per heavy atom. The Hall–Kier alpha value is -1.40. The molecule has 116 valence electrons. The molecule has 1 aliphatic carbocycles. The lowest BCUT2D eigenvalue weighted by molar-refractivity contribution is 0.0902. The van der Waals surface area contributed by atoms with Crippen molar-refractivity contribution in [3.63, 3.8) is 0 Å². The summed E-state index contributed by atoms with van der Waals surface area (Å²) < 4.78 is 22.7. The maximum absolute atomic E-state index is 12.3. The molecule has 2 rings (SSSR count). The average molecular weight is 310 g/mol. The second-order valence-corrected chi connectivity index (χ2v) is 8.07. The molecule has 0 aromatic heterocycles. The number of nitrogens with one attached hydrogen (secondary N) is 1. The maximum Gasteiger partial charge on any atom is 0.251 e. The smallest absolute Gasteiger partial charge is 0.251 e. The third-order valence-corrected chi connectivity index (χ3v) is 4.88. The van der Waals surface area contributed by atoms with Gasteiger partial charge in [0.1, 0.15) is 0 Å². The monoisotopic (exact) mass is 310 g/mol. The highest BCUT2D eigenvalue weighted by atomic mass is 32.2. The number of rotatable bonds is 3. The Morgan fingerprint density at radius 2 is 2.10 bits per heavy atom. The van der Waals surface area contributed by atoms with Crippen molar-refractivity contribution in [3.05, 3.63) is 29.8 Å². The molecule has 6 heteroatoms. The van der Waals surface area contributed by atoms with E-state index in [1.807, 2.05) is 0 Å². The Balaban J connectivity index is 2.10. The molecule has 0 saturated heterocycles. The van der Waals surface area contributed by atoms with Crippen molar-refractivity contribution in [2.45, 2.75) is 50.5 Å². The van der Waals surface area contributed by atoms with E-state index in [1.165, 1.54) is 24.6 Å². The fourth-order valence-corrected chi connectivity index (χ4v) is 3.46. The maximum atomic E-state index is 12.3. The number of hydrogen-bond acceptors (Lipinski definition) is 3. The summed E-state index contributed by atoms with van der Waals surface area (Å²) in [6, 6.07) is 5.96. The highest BCUT2D eigenvalue weighted by molar-refractivity contribution is 7.89. The van der Waals surface area contributed by atoms with Gasteiger partial charge in [-0.25, -0.2) is 13.6 Å². The second-order valence-electron chi connectivity index (χ2n) is 6.50. The first-order valence-electron chi connectivity index (χ1n) is 7.11. The summed E-state index contributed by atoms with van der Waals surface area (Å²) in [4.78, 5) is 12.2. The number of carbonyl (C=O) groups is 1. The van der Waals surface area contributed by atoms with Crippen molar-refractivity contribution in [2.24, 2.45) is 10.6 Å². The van der Waals surface area contributed by atoms with Crippen LogP contribution in [-0.2, 0) is 10.0 Å². The zero-order valence-corrected chi connectivity index (χ0v) is 13.2. The van der Waals surface area contributed by atoms with Gasteiger partial charge in [0.05, 0.1) is 4.90 Å². The minimum absolute atomic E-state index is 0.0425. The summed E-state index contributed by atoms with van der Waals surface area (Å²) in [6.07, 6.45) is 4.16. The molecule has 1 unspecified atom stereocenters. The van der Waals surface area contributed by atoms with Gasteiger partial charge in [-0.15, -0.1) is 0 Å². The number of sulfonamides is 1. The van der Waals surface area contributed by atoms with Gasteiger partial charge >= 0.3 is 0 Å². The van der Waals surface area contributed by atoms with Crippen LogP contribution in [0.15, 0.2) is 29.2 Å². The van der Waals surface area contributed by atoms with Crippen molar-refractivity contribution in [3.8, 4) is 0 Å². The molecule has 1 fully saturated rings. The van der Waals surface area contributed by atoms with Crippen LogP contribution in [0.2, 0.25) is 0 Å². The zero-order valence-electron chi connectivity index (χ0n) is 12.4.